The van der Waals surface area contributed by atoms with E-state index in [0.717, 1.165) is 4.57 Å². The van der Waals surface area contributed by atoms with Crippen molar-refractivity contribution in [2.45, 2.75) is 39.7 Å². The highest BCUT2D eigenvalue weighted by molar-refractivity contribution is 7.53. The molecule has 1 heterocycles. The van der Waals surface area contributed by atoms with E-state index >= 15 is 0 Å². The summed E-state index contributed by atoms with van der Waals surface area (Å²) in [6.45, 7) is 4.13. The van der Waals surface area contributed by atoms with Crippen molar-refractivity contribution >= 4 is 7.60 Å². The van der Waals surface area contributed by atoms with E-state index in [1.165, 1.54) is 13.1 Å². The van der Waals surface area contributed by atoms with Gasteiger partial charge >= 0.3 is 13.3 Å². The number of hydrogen-bond acceptors (Lipinski definition) is 8. The van der Waals surface area contributed by atoms with Gasteiger partial charge in [0.2, 0.25) is 0 Å². The van der Waals surface area contributed by atoms with Crippen LogP contribution in [0, 0.1) is 6.92 Å². The lowest BCUT2D eigenvalue weighted by atomic mass is 10.2. The Balaban J connectivity index is 2.93. The van der Waals surface area contributed by atoms with E-state index in [1.54, 1.807) is 13.8 Å². The maximum atomic E-state index is 12.6. The molecule has 0 bridgehead atoms. The van der Waals surface area contributed by atoms with Gasteiger partial charge in [0.1, 0.15) is 12.8 Å². The third-order valence-electron chi connectivity index (χ3n) is 3.29. The van der Waals surface area contributed by atoms with Gasteiger partial charge in [-0.2, -0.15) is 0 Å². The largest absolute Gasteiger partial charge is 0.394 e. The summed E-state index contributed by atoms with van der Waals surface area (Å²) in [5.41, 5.74) is -0.896. The van der Waals surface area contributed by atoms with E-state index in [-0.39, 0.29) is 26.1 Å². The van der Waals surface area contributed by atoms with Gasteiger partial charge in [-0.1, -0.05) is 0 Å². The molecule has 0 aliphatic rings. The Hall–Kier alpha value is -1.29. The van der Waals surface area contributed by atoms with Crippen molar-refractivity contribution in [3.63, 3.8) is 0 Å². The smallest absolute Gasteiger partial charge is 0.333 e. The number of ether oxygens (including phenoxy) is 1. The third-order valence-corrected chi connectivity index (χ3v) is 5.40. The number of hydrogen-bond donors (Lipinski definition) is 3. The Bertz CT molecular complexity index is 691. The maximum absolute atomic E-state index is 12.6. The third kappa shape index (κ3) is 6.50. The summed E-state index contributed by atoms with van der Waals surface area (Å²) in [5, 5.41) is 19.1. The predicted molar refractivity (Wildman–Crippen MR) is 89.8 cm³/mol. The summed E-state index contributed by atoms with van der Waals surface area (Å²) >= 11 is 0. The van der Waals surface area contributed by atoms with Gasteiger partial charge in [-0.3, -0.25) is 18.9 Å². The van der Waals surface area contributed by atoms with Crippen LogP contribution in [-0.2, 0) is 25.1 Å². The number of aliphatic hydroxyl groups excluding tert-OH is 2. The molecule has 0 fully saturated rings. The van der Waals surface area contributed by atoms with Crippen LogP contribution in [0.2, 0.25) is 0 Å². The SMILES string of the molecule is CCOP(=O)(C[C@@H](OCn1cc(C)c(=O)[nH]c1=O)[C@@H](O)CO)OCC. The van der Waals surface area contributed by atoms with E-state index in [2.05, 4.69) is 4.98 Å². The average Bonchev–Trinajstić information content (AvgIpc) is 2.55. The first-order valence-corrected chi connectivity index (χ1v) is 9.58. The number of nitrogens with one attached hydrogen (secondary N) is 1. The van der Waals surface area contributed by atoms with Gasteiger partial charge in [-0.25, -0.2) is 4.79 Å². The van der Waals surface area contributed by atoms with Gasteiger partial charge in [0, 0.05) is 11.8 Å². The number of nitrogens with zero attached hydrogens (tertiary/aromatic N) is 1. The second-order valence-corrected chi connectivity index (χ2v) is 7.36. The van der Waals surface area contributed by atoms with E-state index in [4.69, 9.17) is 13.8 Å². The topological polar surface area (TPSA) is 140 Å². The number of aryl methyl sites for hydroxylation is 1. The molecule has 1 aromatic rings. The van der Waals surface area contributed by atoms with Crippen LogP contribution in [0.1, 0.15) is 19.4 Å². The number of aliphatic hydroxyl groups is 2. The predicted octanol–water partition coefficient (Wildman–Crippen LogP) is -0.193. The molecule has 0 aliphatic carbocycles. The van der Waals surface area contributed by atoms with Gasteiger partial charge in [-0.05, 0) is 20.8 Å². The zero-order chi connectivity index (χ0) is 19.0. The van der Waals surface area contributed by atoms with Crippen molar-refractivity contribution in [1.82, 2.24) is 9.55 Å². The summed E-state index contributed by atoms with van der Waals surface area (Å²) in [6, 6.07) is 0. The Labute approximate surface area is 144 Å². The maximum Gasteiger partial charge on any atom is 0.333 e. The van der Waals surface area contributed by atoms with Crippen molar-refractivity contribution in [3.05, 3.63) is 32.6 Å². The van der Waals surface area contributed by atoms with Gasteiger partial charge in [0.05, 0.1) is 32.1 Å². The number of aromatic amines is 1. The minimum Gasteiger partial charge on any atom is -0.394 e. The number of H-pyrrole nitrogens is 1. The van der Waals surface area contributed by atoms with E-state index in [1.807, 2.05) is 0 Å². The van der Waals surface area contributed by atoms with Crippen molar-refractivity contribution < 1.29 is 28.6 Å². The van der Waals surface area contributed by atoms with Crippen LogP contribution < -0.4 is 11.2 Å². The molecule has 0 saturated carbocycles. The van der Waals surface area contributed by atoms with Crippen LogP contribution in [0.5, 0.6) is 0 Å². The Morgan fingerprint density at radius 1 is 1.28 bits per heavy atom. The molecule has 10 nitrogen and oxygen atoms in total. The van der Waals surface area contributed by atoms with Crippen LogP contribution in [0.3, 0.4) is 0 Å². The molecule has 2 atom stereocenters. The quantitative estimate of drug-likeness (QED) is 0.449. The molecule has 0 saturated heterocycles. The van der Waals surface area contributed by atoms with Crippen LogP contribution in [0.25, 0.3) is 0 Å². The first-order chi connectivity index (χ1) is 11.8. The van der Waals surface area contributed by atoms with Crippen LogP contribution >= 0.6 is 7.60 Å². The second kappa shape index (κ2) is 10.0. The average molecular weight is 380 g/mol. The van der Waals surface area contributed by atoms with Gasteiger partial charge in [0.15, 0.2) is 0 Å². The summed E-state index contributed by atoms with van der Waals surface area (Å²) in [6.07, 6.45) is -1.45. The van der Waals surface area contributed by atoms with E-state index in [9.17, 15) is 24.4 Å². The zero-order valence-corrected chi connectivity index (χ0v) is 15.4. The van der Waals surface area contributed by atoms with Crippen molar-refractivity contribution in [2.24, 2.45) is 0 Å². The highest BCUT2D eigenvalue weighted by Gasteiger charge is 2.33. The molecule has 1 aromatic heterocycles. The fraction of sp³-hybridized carbons (Fsp3) is 0.714. The van der Waals surface area contributed by atoms with Gasteiger partial charge in [0.25, 0.3) is 5.56 Å². The van der Waals surface area contributed by atoms with Crippen LogP contribution in [0.15, 0.2) is 15.8 Å². The van der Waals surface area contributed by atoms with E-state index in [0.29, 0.717) is 5.56 Å². The molecule has 0 aliphatic heterocycles. The Kier molecular flexibility index (Phi) is 8.70. The molecular formula is C14H25N2O8P. The second-order valence-electron chi connectivity index (χ2n) is 5.25. The molecular weight excluding hydrogens is 355 g/mol. The molecule has 0 spiro atoms. The number of aromatic nitrogens is 2. The molecule has 0 aromatic carbocycles. The lowest BCUT2D eigenvalue weighted by Crippen LogP contribution is -2.38. The lowest BCUT2D eigenvalue weighted by molar-refractivity contribution is -0.0731. The lowest BCUT2D eigenvalue weighted by Gasteiger charge is -2.26. The van der Waals surface area contributed by atoms with E-state index < -0.39 is 37.7 Å². The standard InChI is InChI=1S/C14H25N2O8P/c1-4-23-25(21,24-5-2)8-12(11(18)7-17)22-9-16-6-10(3)13(19)15-14(16)20/h6,11-12,17-18H,4-5,7-9H2,1-3H3,(H,15,19,20)/t11-,12+/m0/s1. The van der Waals surface area contributed by atoms with Gasteiger partial charge < -0.3 is 24.0 Å². The summed E-state index contributed by atoms with van der Waals surface area (Å²) < 4.78 is 29.4. The molecule has 3 N–H and O–H groups in total. The summed E-state index contributed by atoms with van der Waals surface area (Å²) in [7, 11) is -3.53. The summed E-state index contributed by atoms with van der Waals surface area (Å²) in [4.78, 5) is 25.2. The Morgan fingerprint density at radius 2 is 1.88 bits per heavy atom. The van der Waals surface area contributed by atoms with Crippen molar-refractivity contribution in [1.29, 1.82) is 0 Å². The highest BCUT2D eigenvalue weighted by atomic mass is 31.2. The minimum atomic E-state index is -3.53. The highest BCUT2D eigenvalue weighted by Crippen LogP contribution is 2.49. The van der Waals surface area contributed by atoms with Gasteiger partial charge in [-0.15, -0.1) is 0 Å². The molecule has 1 rings (SSSR count). The number of rotatable bonds is 11. The normalized spacial score (nSPS) is 14.4. The first kappa shape index (κ1) is 21.8. The Morgan fingerprint density at radius 3 is 2.40 bits per heavy atom. The molecule has 25 heavy (non-hydrogen) atoms. The molecule has 0 radical (unpaired) electrons. The fourth-order valence-electron chi connectivity index (χ4n) is 2.05. The zero-order valence-electron chi connectivity index (χ0n) is 14.5. The first-order valence-electron chi connectivity index (χ1n) is 7.85. The summed E-state index contributed by atoms with van der Waals surface area (Å²) in [5.74, 6) is 0. The van der Waals surface area contributed by atoms with Crippen LogP contribution in [0.4, 0.5) is 0 Å². The van der Waals surface area contributed by atoms with Crippen molar-refractivity contribution in [3.8, 4) is 0 Å². The molecule has 0 amide bonds. The van der Waals surface area contributed by atoms with Crippen LogP contribution in [-0.4, -0.2) is 58.0 Å². The molecule has 144 valence electrons. The molecule has 11 heteroatoms. The molecule has 0 unspecified atom stereocenters. The monoisotopic (exact) mass is 380 g/mol. The fourth-order valence-corrected chi connectivity index (χ4v) is 3.91. The minimum absolute atomic E-state index is 0.137. The van der Waals surface area contributed by atoms with Crippen molar-refractivity contribution in [2.75, 3.05) is 26.0 Å².